The molecule has 2 rings (SSSR count). The van der Waals surface area contributed by atoms with E-state index in [1.165, 1.54) is 7.11 Å². The van der Waals surface area contributed by atoms with Gasteiger partial charge in [0.25, 0.3) is 0 Å². The van der Waals surface area contributed by atoms with Gasteiger partial charge in [0, 0.05) is 18.1 Å². The lowest BCUT2D eigenvalue weighted by Gasteiger charge is -2.11. The lowest BCUT2D eigenvalue weighted by molar-refractivity contribution is 0.110. The van der Waals surface area contributed by atoms with Gasteiger partial charge in [-0.05, 0) is 31.0 Å². The van der Waals surface area contributed by atoms with E-state index in [2.05, 4.69) is 9.72 Å². The minimum Gasteiger partial charge on any atom is -0.437 e. The first-order valence-electron chi connectivity index (χ1n) is 6.38. The predicted molar refractivity (Wildman–Crippen MR) is 75.7 cm³/mol. The summed E-state index contributed by atoms with van der Waals surface area (Å²) in [6, 6.07) is 3.73. The number of pyridine rings is 1. The highest BCUT2D eigenvalue weighted by Gasteiger charge is 2.21. The van der Waals surface area contributed by atoms with Crippen LogP contribution in [0.1, 0.15) is 27.2 Å². The smallest absolute Gasteiger partial charge is 0.437 e. The third-order valence-corrected chi connectivity index (χ3v) is 3.36. The van der Waals surface area contributed by atoms with E-state index in [0.717, 1.165) is 16.8 Å². The van der Waals surface area contributed by atoms with Gasteiger partial charge < -0.3 is 14.0 Å². The number of aromatic nitrogens is 2. The van der Waals surface area contributed by atoms with Gasteiger partial charge in [-0.15, -0.1) is 0 Å². The van der Waals surface area contributed by atoms with Gasteiger partial charge in [-0.3, -0.25) is 9.78 Å². The molecule has 0 aliphatic rings. The highest BCUT2D eigenvalue weighted by Crippen LogP contribution is 2.28. The van der Waals surface area contributed by atoms with Crippen molar-refractivity contribution in [3.63, 3.8) is 0 Å². The molecule has 0 aliphatic carbocycles. The van der Waals surface area contributed by atoms with Crippen LogP contribution in [0.3, 0.4) is 0 Å². The maximum Gasteiger partial charge on any atom is 0.514 e. The number of hydrogen-bond donors (Lipinski definition) is 0. The minimum atomic E-state index is -0.858. The number of carbonyl (C=O) groups excluding carboxylic acids is 2. The molecule has 0 aliphatic heterocycles. The van der Waals surface area contributed by atoms with Crippen molar-refractivity contribution in [2.24, 2.45) is 0 Å². The second-order valence-electron chi connectivity index (χ2n) is 4.55. The van der Waals surface area contributed by atoms with Gasteiger partial charge in [0.15, 0.2) is 6.29 Å². The molecule has 0 radical (unpaired) electrons. The van der Waals surface area contributed by atoms with Crippen molar-refractivity contribution in [2.45, 2.75) is 20.4 Å². The monoisotopic (exact) mass is 288 g/mol. The van der Waals surface area contributed by atoms with Gasteiger partial charge in [0.05, 0.1) is 19.2 Å². The molecule has 2 aromatic heterocycles. The number of rotatable bonds is 4. The van der Waals surface area contributed by atoms with Gasteiger partial charge in [0.2, 0.25) is 5.88 Å². The molecule has 0 saturated carbocycles. The number of ether oxygens (including phenoxy) is 2. The zero-order valence-electron chi connectivity index (χ0n) is 12.1. The summed E-state index contributed by atoms with van der Waals surface area (Å²) in [7, 11) is 1.22. The molecular weight excluding hydrogens is 272 g/mol. The molecule has 6 nitrogen and oxygen atoms in total. The fourth-order valence-corrected chi connectivity index (χ4v) is 2.09. The maximum absolute atomic E-state index is 11.4. The van der Waals surface area contributed by atoms with Crippen LogP contribution in [0.2, 0.25) is 0 Å². The Hall–Kier alpha value is -2.63. The van der Waals surface area contributed by atoms with E-state index in [1.54, 1.807) is 17.0 Å². The molecule has 21 heavy (non-hydrogen) atoms. The Morgan fingerprint density at radius 3 is 2.76 bits per heavy atom. The summed E-state index contributed by atoms with van der Waals surface area (Å²) < 4.78 is 11.4. The van der Waals surface area contributed by atoms with E-state index in [4.69, 9.17) is 4.74 Å². The standard InChI is InChI=1S/C15H16N2O4/c1-10-11(2)17(8-12-5-4-6-16-7-12)14(13(10)9-18)21-15(19)20-3/h4-7,9H,8H2,1-3H3. The Kier molecular flexibility index (Phi) is 4.37. The average molecular weight is 288 g/mol. The predicted octanol–water partition coefficient (Wildman–Crippen LogP) is 2.51. The SMILES string of the molecule is COC(=O)Oc1c(C=O)c(C)c(C)n1Cc1cccnc1. The molecule has 0 amide bonds. The van der Waals surface area contributed by atoms with Gasteiger partial charge >= 0.3 is 6.16 Å². The first-order valence-corrected chi connectivity index (χ1v) is 6.38. The summed E-state index contributed by atoms with van der Waals surface area (Å²) in [5.74, 6) is 0.190. The number of hydrogen-bond acceptors (Lipinski definition) is 5. The van der Waals surface area contributed by atoms with Crippen LogP contribution in [0.25, 0.3) is 0 Å². The summed E-state index contributed by atoms with van der Waals surface area (Å²) >= 11 is 0. The van der Waals surface area contributed by atoms with Gasteiger partial charge in [0.1, 0.15) is 0 Å². The lowest BCUT2D eigenvalue weighted by atomic mass is 10.2. The Morgan fingerprint density at radius 2 is 2.19 bits per heavy atom. The largest absolute Gasteiger partial charge is 0.514 e. The Labute approximate surface area is 122 Å². The zero-order valence-corrected chi connectivity index (χ0v) is 12.1. The van der Waals surface area contributed by atoms with Crippen LogP contribution in [-0.2, 0) is 11.3 Å². The molecule has 0 bridgehead atoms. The van der Waals surface area contributed by atoms with Gasteiger partial charge in [-0.2, -0.15) is 0 Å². The zero-order chi connectivity index (χ0) is 15.4. The molecule has 0 aromatic carbocycles. The highest BCUT2D eigenvalue weighted by molar-refractivity contribution is 5.83. The third-order valence-electron chi connectivity index (χ3n) is 3.36. The maximum atomic E-state index is 11.4. The first kappa shape index (κ1) is 14.8. The van der Waals surface area contributed by atoms with E-state index >= 15 is 0 Å². The molecular formula is C15H16N2O4. The number of methoxy groups -OCH3 is 1. The fraction of sp³-hybridized carbons (Fsp3) is 0.267. The van der Waals surface area contributed by atoms with Gasteiger partial charge in [-0.25, -0.2) is 4.79 Å². The second-order valence-corrected chi connectivity index (χ2v) is 4.55. The van der Waals surface area contributed by atoms with E-state index in [0.29, 0.717) is 18.4 Å². The molecule has 0 spiro atoms. The van der Waals surface area contributed by atoms with E-state index in [1.807, 2.05) is 26.0 Å². The van der Waals surface area contributed by atoms with Crippen molar-refractivity contribution in [3.05, 3.63) is 46.9 Å². The van der Waals surface area contributed by atoms with Crippen LogP contribution < -0.4 is 4.74 Å². The van der Waals surface area contributed by atoms with Gasteiger partial charge in [-0.1, -0.05) is 6.07 Å². The topological polar surface area (TPSA) is 70.4 Å². The molecule has 0 N–H and O–H groups in total. The molecule has 0 saturated heterocycles. The Morgan fingerprint density at radius 1 is 1.43 bits per heavy atom. The first-order chi connectivity index (χ1) is 10.1. The van der Waals surface area contributed by atoms with E-state index < -0.39 is 6.16 Å². The van der Waals surface area contributed by atoms with Crippen LogP contribution in [-0.4, -0.2) is 29.1 Å². The summed E-state index contributed by atoms with van der Waals surface area (Å²) in [5.41, 5.74) is 2.90. The van der Waals surface area contributed by atoms with Crippen LogP contribution >= 0.6 is 0 Å². The second kappa shape index (κ2) is 6.21. The summed E-state index contributed by atoms with van der Waals surface area (Å²) in [6.45, 7) is 4.12. The molecule has 2 heterocycles. The van der Waals surface area contributed by atoms with E-state index in [9.17, 15) is 9.59 Å². The van der Waals surface area contributed by atoms with Crippen molar-refractivity contribution >= 4 is 12.4 Å². The van der Waals surface area contributed by atoms with Crippen molar-refractivity contribution < 1.29 is 19.1 Å². The summed E-state index contributed by atoms with van der Waals surface area (Å²) in [6.07, 6.45) is 3.22. The van der Waals surface area contributed by atoms with Crippen LogP contribution in [0.4, 0.5) is 4.79 Å². The average Bonchev–Trinajstić information content (AvgIpc) is 2.72. The van der Waals surface area contributed by atoms with Crippen molar-refractivity contribution in [1.29, 1.82) is 0 Å². The van der Waals surface area contributed by atoms with Crippen molar-refractivity contribution in [2.75, 3.05) is 7.11 Å². The molecule has 0 unspecified atom stereocenters. The molecule has 0 atom stereocenters. The fourth-order valence-electron chi connectivity index (χ4n) is 2.09. The summed E-state index contributed by atoms with van der Waals surface area (Å²) in [5, 5.41) is 0. The molecule has 0 fully saturated rings. The number of aldehydes is 1. The van der Waals surface area contributed by atoms with E-state index in [-0.39, 0.29) is 5.88 Å². The number of nitrogens with zero attached hydrogens (tertiary/aromatic N) is 2. The highest BCUT2D eigenvalue weighted by atomic mass is 16.7. The quantitative estimate of drug-likeness (QED) is 0.638. The molecule has 110 valence electrons. The van der Waals surface area contributed by atoms with Crippen LogP contribution in [0.5, 0.6) is 5.88 Å². The van der Waals surface area contributed by atoms with Crippen LogP contribution in [0, 0.1) is 13.8 Å². The minimum absolute atomic E-state index is 0.190. The van der Waals surface area contributed by atoms with Crippen molar-refractivity contribution in [1.82, 2.24) is 9.55 Å². The lowest BCUT2D eigenvalue weighted by Crippen LogP contribution is -2.13. The summed E-state index contributed by atoms with van der Waals surface area (Å²) in [4.78, 5) is 26.7. The Balaban J connectivity index is 2.47. The third kappa shape index (κ3) is 2.94. The van der Waals surface area contributed by atoms with Crippen molar-refractivity contribution in [3.8, 4) is 5.88 Å². The number of carbonyl (C=O) groups is 2. The van der Waals surface area contributed by atoms with Crippen LogP contribution in [0.15, 0.2) is 24.5 Å². The Bertz CT molecular complexity index is 662. The normalized spacial score (nSPS) is 10.2. The molecule has 2 aromatic rings. The molecule has 6 heteroatoms.